The maximum atomic E-state index is 4.63. The molecule has 2 aromatic rings. The van der Waals surface area contributed by atoms with E-state index < -0.39 is 0 Å². The number of fused-ring (bicyclic) bond motifs is 1. The molecule has 0 aromatic carbocycles. The molecule has 1 N–H and O–H groups in total. The van der Waals surface area contributed by atoms with Crippen molar-refractivity contribution in [1.82, 2.24) is 19.6 Å². The van der Waals surface area contributed by atoms with E-state index in [0.717, 1.165) is 24.4 Å². The monoisotopic (exact) mass is 286 g/mol. The zero-order valence-corrected chi connectivity index (χ0v) is 13.4. The number of imidazole rings is 1. The fourth-order valence-electron chi connectivity index (χ4n) is 3.61. The predicted molar refractivity (Wildman–Crippen MR) is 86.5 cm³/mol. The molecule has 0 bridgehead atoms. The van der Waals surface area contributed by atoms with E-state index in [0.29, 0.717) is 5.54 Å². The highest BCUT2D eigenvalue weighted by Crippen LogP contribution is 2.33. The van der Waals surface area contributed by atoms with Crippen LogP contribution < -0.4 is 5.32 Å². The van der Waals surface area contributed by atoms with Crippen molar-refractivity contribution in [3.63, 3.8) is 0 Å². The molecule has 1 aliphatic rings. The van der Waals surface area contributed by atoms with Crippen molar-refractivity contribution in [2.75, 3.05) is 20.6 Å². The van der Waals surface area contributed by atoms with Gasteiger partial charge < -0.3 is 14.6 Å². The van der Waals surface area contributed by atoms with Gasteiger partial charge in [-0.2, -0.15) is 0 Å². The number of nitrogens with one attached hydrogen (secondary N) is 1. The van der Waals surface area contributed by atoms with E-state index in [-0.39, 0.29) is 0 Å². The second kappa shape index (κ2) is 5.78. The first kappa shape index (κ1) is 14.5. The van der Waals surface area contributed by atoms with Crippen molar-refractivity contribution < 1.29 is 0 Å². The lowest BCUT2D eigenvalue weighted by atomic mass is 9.96. The van der Waals surface area contributed by atoms with Gasteiger partial charge in [0.25, 0.3) is 0 Å². The van der Waals surface area contributed by atoms with Gasteiger partial charge in [0.1, 0.15) is 5.65 Å². The Labute approximate surface area is 127 Å². The number of hydrogen-bond donors (Lipinski definition) is 1. The minimum absolute atomic E-state index is 0.342. The summed E-state index contributed by atoms with van der Waals surface area (Å²) in [4.78, 5) is 7.04. The van der Waals surface area contributed by atoms with Crippen LogP contribution in [0.3, 0.4) is 0 Å². The van der Waals surface area contributed by atoms with Crippen LogP contribution in [-0.2, 0) is 6.54 Å². The van der Waals surface area contributed by atoms with Crippen molar-refractivity contribution >= 4 is 5.65 Å². The topological polar surface area (TPSA) is 32.6 Å². The van der Waals surface area contributed by atoms with E-state index >= 15 is 0 Å². The Morgan fingerprint density at radius 1 is 1.29 bits per heavy atom. The van der Waals surface area contributed by atoms with Gasteiger partial charge in [-0.05, 0) is 46.0 Å². The van der Waals surface area contributed by atoms with Crippen molar-refractivity contribution in [2.45, 2.75) is 44.7 Å². The van der Waals surface area contributed by atoms with Crippen molar-refractivity contribution in [3.8, 4) is 0 Å². The third kappa shape index (κ3) is 2.70. The molecule has 0 saturated heterocycles. The Kier molecular flexibility index (Phi) is 4.00. The molecule has 1 saturated carbocycles. The molecular weight excluding hydrogens is 260 g/mol. The van der Waals surface area contributed by atoms with Gasteiger partial charge in [0.05, 0.1) is 11.4 Å². The number of rotatable bonds is 5. The molecule has 0 unspecified atom stereocenters. The van der Waals surface area contributed by atoms with Gasteiger partial charge in [0.2, 0.25) is 0 Å². The number of nitrogens with zero attached hydrogens (tertiary/aromatic N) is 3. The van der Waals surface area contributed by atoms with Gasteiger partial charge in [-0.3, -0.25) is 0 Å². The Hall–Kier alpha value is -1.39. The van der Waals surface area contributed by atoms with Crippen LogP contribution in [0.4, 0.5) is 0 Å². The second-order valence-corrected chi connectivity index (χ2v) is 6.50. The van der Waals surface area contributed by atoms with Crippen LogP contribution in [0.1, 0.15) is 37.1 Å². The fraction of sp³-hybridized carbons (Fsp3) is 0.588. The first-order chi connectivity index (χ1) is 10.1. The first-order valence-electron chi connectivity index (χ1n) is 7.93. The summed E-state index contributed by atoms with van der Waals surface area (Å²) < 4.78 is 2.19. The Morgan fingerprint density at radius 3 is 2.76 bits per heavy atom. The van der Waals surface area contributed by atoms with Crippen LogP contribution in [0.5, 0.6) is 0 Å². The van der Waals surface area contributed by atoms with Gasteiger partial charge in [0, 0.05) is 24.8 Å². The minimum atomic E-state index is 0.342. The molecule has 21 heavy (non-hydrogen) atoms. The lowest BCUT2D eigenvalue weighted by Gasteiger charge is -2.36. The van der Waals surface area contributed by atoms with Crippen LogP contribution in [0.2, 0.25) is 0 Å². The number of likely N-dealkylation sites (N-methyl/N-ethyl adjacent to an activating group) is 1. The highest BCUT2D eigenvalue weighted by molar-refractivity contribution is 5.42. The fourth-order valence-corrected chi connectivity index (χ4v) is 3.61. The number of pyridine rings is 1. The molecule has 3 rings (SSSR count). The maximum absolute atomic E-state index is 4.63. The second-order valence-electron chi connectivity index (χ2n) is 6.50. The molecule has 0 spiro atoms. The Bertz CT molecular complexity index is 608. The lowest BCUT2D eigenvalue weighted by Crippen LogP contribution is -2.49. The average molecular weight is 286 g/mol. The average Bonchev–Trinajstić information content (AvgIpc) is 3.05. The van der Waals surface area contributed by atoms with Crippen LogP contribution in [0, 0.1) is 6.92 Å². The van der Waals surface area contributed by atoms with Gasteiger partial charge >= 0.3 is 0 Å². The molecule has 0 aliphatic heterocycles. The number of aryl methyl sites for hydroxylation is 1. The van der Waals surface area contributed by atoms with Crippen LogP contribution in [0.25, 0.3) is 5.65 Å². The van der Waals surface area contributed by atoms with Gasteiger partial charge in [-0.25, -0.2) is 4.98 Å². The van der Waals surface area contributed by atoms with E-state index in [1.807, 2.05) is 6.07 Å². The summed E-state index contributed by atoms with van der Waals surface area (Å²) >= 11 is 0. The van der Waals surface area contributed by atoms with E-state index in [1.54, 1.807) is 0 Å². The molecule has 1 fully saturated rings. The van der Waals surface area contributed by atoms with E-state index in [4.69, 9.17) is 0 Å². The normalized spacial score (nSPS) is 17.9. The molecular formula is C17H26N4. The number of hydrogen-bond acceptors (Lipinski definition) is 3. The van der Waals surface area contributed by atoms with Crippen LogP contribution in [0.15, 0.2) is 24.4 Å². The summed E-state index contributed by atoms with van der Waals surface area (Å²) in [6.07, 6.45) is 7.42. The molecule has 0 amide bonds. The van der Waals surface area contributed by atoms with Crippen LogP contribution in [-0.4, -0.2) is 40.5 Å². The highest BCUT2D eigenvalue weighted by Gasteiger charge is 2.35. The molecule has 0 radical (unpaired) electrons. The van der Waals surface area contributed by atoms with Crippen molar-refractivity contribution in [3.05, 3.63) is 35.8 Å². The zero-order valence-electron chi connectivity index (χ0n) is 13.4. The van der Waals surface area contributed by atoms with Crippen molar-refractivity contribution in [1.29, 1.82) is 0 Å². The summed E-state index contributed by atoms with van der Waals surface area (Å²) in [6, 6.07) is 6.17. The molecule has 4 nitrogen and oxygen atoms in total. The smallest absolute Gasteiger partial charge is 0.137 e. The third-order valence-electron chi connectivity index (χ3n) is 5.06. The minimum Gasteiger partial charge on any atom is -0.309 e. The summed E-state index contributed by atoms with van der Waals surface area (Å²) in [5, 5.41) is 3.68. The molecule has 4 heteroatoms. The Balaban J connectivity index is 1.71. The van der Waals surface area contributed by atoms with Gasteiger partial charge in [-0.15, -0.1) is 0 Å². The summed E-state index contributed by atoms with van der Waals surface area (Å²) in [6.45, 7) is 4.04. The van der Waals surface area contributed by atoms with Crippen molar-refractivity contribution in [2.24, 2.45) is 0 Å². The SMILES string of the molecule is Cc1nc2ccccn2c1CNCC1(N(C)C)CCCC1. The summed E-state index contributed by atoms with van der Waals surface area (Å²) in [5.74, 6) is 0. The molecule has 114 valence electrons. The predicted octanol–water partition coefficient (Wildman–Crippen LogP) is 2.61. The quantitative estimate of drug-likeness (QED) is 0.917. The Morgan fingerprint density at radius 2 is 2.05 bits per heavy atom. The largest absolute Gasteiger partial charge is 0.309 e. The third-order valence-corrected chi connectivity index (χ3v) is 5.06. The molecule has 2 aromatic heterocycles. The first-order valence-corrected chi connectivity index (χ1v) is 7.93. The van der Waals surface area contributed by atoms with E-state index in [9.17, 15) is 0 Å². The molecule has 1 aliphatic carbocycles. The van der Waals surface area contributed by atoms with Gasteiger partial charge in [-0.1, -0.05) is 18.9 Å². The van der Waals surface area contributed by atoms with E-state index in [1.165, 1.54) is 31.4 Å². The van der Waals surface area contributed by atoms with Gasteiger partial charge in [0.15, 0.2) is 0 Å². The van der Waals surface area contributed by atoms with E-state index in [2.05, 4.69) is 59.0 Å². The lowest BCUT2D eigenvalue weighted by molar-refractivity contribution is 0.153. The summed E-state index contributed by atoms with van der Waals surface area (Å²) in [7, 11) is 4.43. The number of aromatic nitrogens is 2. The highest BCUT2D eigenvalue weighted by atomic mass is 15.2. The van der Waals surface area contributed by atoms with Crippen LogP contribution >= 0.6 is 0 Å². The standard InChI is InChI=1S/C17H26N4/c1-14-15(21-11-7-4-8-16(21)19-14)12-18-13-17(20(2)3)9-5-6-10-17/h4,7-8,11,18H,5-6,9-10,12-13H2,1-3H3. The summed E-state index contributed by atoms with van der Waals surface area (Å²) in [5.41, 5.74) is 3.78. The molecule has 2 heterocycles. The molecule has 0 atom stereocenters. The zero-order chi connectivity index (χ0) is 14.9. The maximum Gasteiger partial charge on any atom is 0.137 e.